The fourth-order valence-corrected chi connectivity index (χ4v) is 11.1. The van der Waals surface area contributed by atoms with E-state index < -0.39 is 30.2 Å². The van der Waals surface area contributed by atoms with Gasteiger partial charge in [0.25, 0.3) is 0 Å². The zero-order valence-corrected chi connectivity index (χ0v) is 31.9. The molecule has 0 aromatic carbocycles. The SMILES string of the molecule is C=C1C[C@@H]2CC[C@]34C[C@@H](O)[C@H](O3)[C@@H]3O[C@H]5CC[C@H](CC(=O)C[C@@H]6[C@@H](OC)[C@@H](C[C@H](O)CN)O[C@H]6C[C@H]6O[C@@H](CC[C@@H]1O2)C[C@@H](C)C6=C)O[C@@H]5[C@H](O4)[C@@H]3C. The molecule has 10 bridgehead atoms. The highest BCUT2D eigenvalue weighted by Gasteiger charge is 2.62. The summed E-state index contributed by atoms with van der Waals surface area (Å²) in [4.78, 5) is 14.1. The zero-order valence-electron chi connectivity index (χ0n) is 31.9. The van der Waals surface area contributed by atoms with Gasteiger partial charge in [0.1, 0.15) is 18.0 Å². The molecule has 0 aliphatic carbocycles. The van der Waals surface area contributed by atoms with Gasteiger partial charge in [-0.3, -0.25) is 4.79 Å². The molecule has 8 aliphatic rings. The van der Waals surface area contributed by atoms with Crippen molar-refractivity contribution in [2.75, 3.05) is 13.7 Å². The summed E-state index contributed by atoms with van der Waals surface area (Å²) in [5.41, 5.74) is 7.96. The van der Waals surface area contributed by atoms with Crippen molar-refractivity contribution < 1.29 is 52.9 Å². The lowest BCUT2D eigenvalue weighted by Crippen LogP contribution is -2.62. The van der Waals surface area contributed by atoms with Crippen LogP contribution in [0, 0.1) is 17.8 Å². The number of ether oxygens (including phenoxy) is 8. The van der Waals surface area contributed by atoms with Gasteiger partial charge in [0, 0.05) is 64.0 Å². The fraction of sp³-hybridized carbons (Fsp3) is 0.878. The number of aliphatic hydroxyl groups is 2. The average molecular weight is 746 g/mol. The molecule has 1 spiro atoms. The maximum Gasteiger partial charge on any atom is 0.172 e. The van der Waals surface area contributed by atoms with Gasteiger partial charge in [0.15, 0.2) is 5.79 Å². The third-order valence-electron chi connectivity index (χ3n) is 14.1. The molecule has 8 saturated heterocycles. The molecule has 53 heavy (non-hydrogen) atoms. The van der Waals surface area contributed by atoms with E-state index in [0.717, 1.165) is 49.7 Å². The lowest BCUT2D eigenvalue weighted by molar-refractivity contribution is -0.290. The van der Waals surface area contributed by atoms with Crippen molar-refractivity contribution in [2.24, 2.45) is 23.5 Å². The molecule has 0 amide bonds. The van der Waals surface area contributed by atoms with Crippen molar-refractivity contribution in [1.82, 2.24) is 0 Å². The van der Waals surface area contributed by atoms with E-state index in [1.807, 2.05) is 0 Å². The Labute approximate surface area is 314 Å². The van der Waals surface area contributed by atoms with Crippen LogP contribution in [-0.2, 0) is 42.7 Å². The maximum absolute atomic E-state index is 14.1. The molecular formula is C41H63NO11. The molecule has 0 saturated carbocycles. The first-order valence-corrected chi connectivity index (χ1v) is 20.5. The van der Waals surface area contributed by atoms with Crippen LogP contribution in [0.4, 0.5) is 0 Å². The Morgan fingerprint density at radius 1 is 0.849 bits per heavy atom. The van der Waals surface area contributed by atoms with Gasteiger partial charge in [-0.15, -0.1) is 0 Å². The Morgan fingerprint density at radius 3 is 2.40 bits per heavy atom. The van der Waals surface area contributed by atoms with Gasteiger partial charge >= 0.3 is 0 Å². The van der Waals surface area contributed by atoms with Crippen molar-refractivity contribution in [2.45, 2.75) is 195 Å². The summed E-state index contributed by atoms with van der Waals surface area (Å²) in [6, 6.07) is 0. The Kier molecular flexibility index (Phi) is 11.3. The van der Waals surface area contributed by atoms with Crippen molar-refractivity contribution in [3.63, 3.8) is 0 Å². The van der Waals surface area contributed by atoms with Crippen molar-refractivity contribution in [3.8, 4) is 0 Å². The molecule has 0 aromatic heterocycles. The standard InChI is InChI=1S/C41H63NO11/c1-20-12-26-6-8-31-21(2)13-28(47-31)10-11-41-18-30(45)39(53-41)36-23(4)37(52-41)40-32(51-36)9-7-27(49-40)14-24(43)15-29-34(17-33(48-26)22(20)3)50-35(38(29)46-5)16-25(44)19-42/h20,23,25-40,44-45H,2-3,6-19,42H2,1,4-5H3/t20-,23-,25+,26+,27-,28+,29+,30-,31+,32+,33-,34+,35-,36-,37-,38-,39+,40+,41-/m1/s1. The number of carbonyl (C=O) groups is 1. The van der Waals surface area contributed by atoms with E-state index in [1.165, 1.54) is 0 Å². The molecule has 298 valence electrons. The minimum absolute atomic E-state index is 0.0110. The van der Waals surface area contributed by atoms with Crippen LogP contribution in [0.1, 0.15) is 97.3 Å². The lowest BCUT2D eigenvalue weighted by Gasteiger charge is -2.50. The molecule has 8 fully saturated rings. The van der Waals surface area contributed by atoms with Crippen LogP contribution in [0.2, 0.25) is 0 Å². The smallest absolute Gasteiger partial charge is 0.172 e. The number of carbonyl (C=O) groups excluding carboxylic acids is 1. The monoisotopic (exact) mass is 745 g/mol. The van der Waals surface area contributed by atoms with Gasteiger partial charge in [0.2, 0.25) is 0 Å². The summed E-state index contributed by atoms with van der Waals surface area (Å²) < 4.78 is 53.3. The summed E-state index contributed by atoms with van der Waals surface area (Å²) in [5, 5.41) is 21.8. The molecule has 4 N–H and O–H groups in total. The average Bonchev–Trinajstić information content (AvgIpc) is 3.75. The Morgan fingerprint density at radius 2 is 1.60 bits per heavy atom. The van der Waals surface area contributed by atoms with Crippen molar-refractivity contribution in [1.29, 1.82) is 0 Å². The van der Waals surface area contributed by atoms with E-state index >= 15 is 0 Å². The third-order valence-corrected chi connectivity index (χ3v) is 14.1. The molecule has 12 nitrogen and oxygen atoms in total. The van der Waals surface area contributed by atoms with Gasteiger partial charge in [-0.25, -0.2) is 0 Å². The summed E-state index contributed by atoms with van der Waals surface area (Å²) in [6.45, 7) is 13.3. The number of fused-ring (bicyclic) bond motifs is 9. The summed E-state index contributed by atoms with van der Waals surface area (Å²) in [5.74, 6) is -0.913. The second-order valence-electron chi connectivity index (χ2n) is 17.7. The highest BCUT2D eigenvalue weighted by atomic mass is 16.7. The Bertz CT molecular complexity index is 1360. The van der Waals surface area contributed by atoms with E-state index in [-0.39, 0.29) is 110 Å². The van der Waals surface area contributed by atoms with E-state index in [1.54, 1.807) is 7.11 Å². The highest BCUT2D eigenvalue weighted by molar-refractivity contribution is 5.79. The maximum atomic E-state index is 14.1. The summed E-state index contributed by atoms with van der Waals surface area (Å²) in [6.07, 6.45) is 3.08. The minimum Gasteiger partial charge on any atom is -0.392 e. The van der Waals surface area contributed by atoms with Crippen LogP contribution in [-0.4, -0.2) is 127 Å². The van der Waals surface area contributed by atoms with Crippen LogP contribution in [0.3, 0.4) is 0 Å². The molecule has 19 atom stereocenters. The van der Waals surface area contributed by atoms with Crippen LogP contribution >= 0.6 is 0 Å². The van der Waals surface area contributed by atoms with E-state index in [4.69, 9.17) is 43.6 Å². The Hall–Kier alpha value is -1.29. The van der Waals surface area contributed by atoms with Crippen LogP contribution < -0.4 is 5.73 Å². The Balaban J connectivity index is 1.07. The van der Waals surface area contributed by atoms with Crippen LogP contribution in [0.25, 0.3) is 0 Å². The number of hydrogen-bond acceptors (Lipinski definition) is 12. The van der Waals surface area contributed by atoms with E-state index in [2.05, 4.69) is 27.0 Å². The van der Waals surface area contributed by atoms with Gasteiger partial charge < -0.3 is 53.8 Å². The number of ketones is 1. The second-order valence-corrected chi connectivity index (χ2v) is 17.7. The predicted molar refractivity (Wildman–Crippen MR) is 193 cm³/mol. The number of rotatable bonds is 4. The number of hydrogen-bond donors (Lipinski definition) is 3. The molecule has 0 unspecified atom stereocenters. The lowest BCUT2D eigenvalue weighted by atomic mass is 9.80. The van der Waals surface area contributed by atoms with Crippen molar-refractivity contribution in [3.05, 3.63) is 24.3 Å². The quantitative estimate of drug-likeness (QED) is 0.360. The van der Waals surface area contributed by atoms with E-state index in [0.29, 0.717) is 32.1 Å². The highest BCUT2D eigenvalue weighted by Crippen LogP contribution is 2.51. The largest absolute Gasteiger partial charge is 0.392 e. The topological polar surface area (TPSA) is 157 Å². The molecular weight excluding hydrogens is 682 g/mol. The summed E-state index contributed by atoms with van der Waals surface area (Å²) >= 11 is 0. The zero-order chi connectivity index (χ0) is 37.2. The van der Waals surface area contributed by atoms with Crippen LogP contribution in [0.5, 0.6) is 0 Å². The van der Waals surface area contributed by atoms with Crippen LogP contribution in [0.15, 0.2) is 24.3 Å². The number of methoxy groups -OCH3 is 1. The predicted octanol–water partition coefficient (Wildman–Crippen LogP) is 3.67. The number of Topliss-reactive ketones (excluding diaryl/α,β-unsaturated/α-hetero) is 1. The van der Waals surface area contributed by atoms with Gasteiger partial charge in [-0.05, 0) is 62.0 Å². The first-order chi connectivity index (χ1) is 25.4. The molecule has 8 rings (SSSR count). The molecule has 0 aromatic rings. The van der Waals surface area contributed by atoms with Gasteiger partial charge in [-0.2, -0.15) is 0 Å². The molecule has 12 heteroatoms. The van der Waals surface area contributed by atoms with Gasteiger partial charge in [0.05, 0.1) is 79.4 Å². The van der Waals surface area contributed by atoms with Crippen molar-refractivity contribution >= 4 is 5.78 Å². The third kappa shape index (κ3) is 7.61. The molecule has 8 heterocycles. The molecule has 0 radical (unpaired) electrons. The minimum atomic E-state index is -0.966. The fourth-order valence-electron chi connectivity index (χ4n) is 11.1. The van der Waals surface area contributed by atoms with Gasteiger partial charge in [-0.1, -0.05) is 27.0 Å². The normalized spacial score (nSPS) is 51.1. The van der Waals surface area contributed by atoms with E-state index in [9.17, 15) is 15.0 Å². The molecule has 8 aliphatic heterocycles. The second kappa shape index (κ2) is 15.6. The number of aliphatic hydroxyl groups excluding tert-OH is 2. The first-order valence-electron chi connectivity index (χ1n) is 20.5. The summed E-state index contributed by atoms with van der Waals surface area (Å²) in [7, 11) is 1.65. The first kappa shape index (κ1) is 38.6. The number of nitrogens with two attached hydrogens (primary N) is 1.